The zero-order valence-electron chi connectivity index (χ0n) is 33.2. The molecule has 294 valence electrons. The van der Waals surface area contributed by atoms with E-state index in [0.717, 1.165) is 18.4 Å². The van der Waals surface area contributed by atoms with E-state index >= 15 is 0 Å². The third-order valence-electron chi connectivity index (χ3n) is 11.2. The number of aliphatic hydroxyl groups is 1. The fourth-order valence-electron chi connectivity index (χ4n) is 8.46. The van der Waals surface area contributed by atoms with Crippen molar-refractivity contribution in [2.45, 2.75) is 85.7 Å². The van der Waals surface area contributed by atoms with Crippen molar-refractivity contribution in [1.29, 1.82) is 0 Å². The molecule has 1 atom stereocenters. The van der Waals surface area contributed by atoms with Crippen LogP contribution in [0.5, 0.6) is 0 Å². The Morgan fingerprint density at radius 3 is 2.54 bits per heavy atom. The molecule has 14 nitrogen and oxygen atoms in total. The Hall–Kier alpha value is -5.60. The van der Waals surface area contributed by atoms with Gasteiger partial charge in [0.1, 0.15) is 11.5 Å². The van der Waals surface area contributed by atoms with Crippen molar-refractivity contribution in [3.05, 3.63) is 93.8 Å². The highest BCUT2D eigenvalue weighted by Gasteiger charge is 2.39. The number of aryl methyl sites for hydroxylation is 1. The van der Waals surface area contributed by atoms with Crippen molar-refractivity contribution in [3.8, 4) is 11.3 Å². The lowest BCUT2D eigenvalue weighted by Crippen LogP contribution is -2.55. The maximum Gasteiger partial charge on any atom is 0.293 e. The monoisotopic (exact) mass is 761 g/mol. The van der Waals surface area contributed by atoms with Gasteiger partial charge in [0.25, 0.3) is 11.5 Å². The first-order valence-corrected chi connectivity index (χ1v) is 19.2. The third kappa shape index (κ3) is 7.03. The minimum Gasteiger partial charge on any atom is -0.392 e. The molecule has 1 aliphatic carbocycles. The quantitative estimate of drug-likeness (QED) is 0.193. The van der Waals surface area contributed by atoms with Crippen LogP contribution in [0.15, 0.2) is 60.2 Å². The van der Waals surface area contributed by atoms with Gasteiger partial charge in [-0.1, -0.05) is 26.5 Å². The predicted molar refractivity (Wildman–Crippen MR) is 216 cm³/mol. The maximum atomic E-state index is 14.0. The van der Waals surface area contributed by atoms with Gasteiger partial charge in [-0.2, -0.15) is 0 Å². The molecule has 0 spiro atoms. The molecule has 0 saturated carbocycles. The van der Waals surface area contributed by atoms with Crippen LogP contribution in [-0.2, 0) is 42.6 Å². The number of anilines is 4. The van der Waals surface area contributed by atoms with Crippen molar-refractivity contribution >= 4 is 40.7 Å². The number of benzene rings is 1. The number of hydrogen-bond donors (Lipinski definition) is 3. The van der Waals surface area contributed by atoms with Crippen molar-refractivity contribution in [2.75, 3.05) is 35.2 Å². The van der Waals surface area contributed by atoms with Crippen molar-refractivity contribution in [1.82, 2.24) is 28.9 Å². The maximum absolute atomic E-state index is 14.0. The third-order valence-corrected chi connectivity index (χ3v) is 11.2. The number of nitrogens with zero attached hydrogens (tertiary/aromatic N) is 7. The Kier molecular flexibility index (Phi) is 10.2. The van der Waals surface area contributed by atoms with Gasteiger partial charge < -0.3 is 29.8 Å². The molecule has 0 radical (unpaired) electrons. The molecule has 0 bridgehead atoms. The van der Waals surface area contributed by atoms with Crippen LogP contribution in [0.4, 0.5) is 23.0 Å². The number of aliphatic hydroxyl groups excluding tert-OH is 1. The second-order valence-corrected chi connectivity index (χ2v) is 16.4. The summed E-state index contributed by atoms with van der Waals surface area (Å²) in [5.41, 5.74) is 5.98. The topological polar surface area (TPSA) is 158 Å². The van der Waals surface area contributed by atoms with Crippen molar-refractivity contribution in [2.24, 2.45) is 12.5 Å². The van der Waals surface area contributed by atoms with Crippen molar-refractivity contribution in [3.63, 3.8) is 0 Å². The van der Waals surface area contributed by atoms with E-state index < -0.39 is 18.1 Å². The zero-order chi connectivity index (χ0) is 40.2. The highest BCUT2D eigenvalue weighted by atomic mass is 16.3. The van der Waals surface area contributed by atoms with Crippen LogP contribution in [0.2, 0.25) is 0 Å². The second-order valence-electron chi connectivity index (χ2n) is 16.4. The Balaban J connectivity index is 1.22. The van der Waals surface area contributed by atoms with Gasteiger partial charge in [0.2, 0.25) is 11.8 Å². The molecule has 4 aromatic rings. The second kappa shape index (κ2) is 14.8. The van der Waals surface area contributed by atoms with Gasteiger partial charge in [-0.3, -0.25) is 29.0 Å². The van der Waals surface area contributed by atoms with Gasteiger partial charge in [0, 0.05) is 79.4 Å². The molecule has 1 fully saturated rings. The van der Waals surface area contributed by atoms with Crippen LogP contribution in [0.1, 0.15) is 80.5 Å². The largest absolute Gasteiger partial charge is 0.392 e. The number of fused-ring (bicyclic) bond motifs is 3. The number of carbonyl (C=O) groups excluding carboxylic acids is 3. The predicted octanol–water partition coefficient (Wildman–Crippen LogP) is 4.79. The lowest BCUT2D eigenvalue weighted by atomic mass is 9.90. The minimum absolute atomic E-state index is 0.00463. The van der Waals surface area contributed by atoms with E-state index in [2.05, 4.69) is 45.5 Å². The number of carbonyl (C=O) groups is 3. The van der Waals surface area contributed by atoms with Crippen LogP contribution in [0.3, 0.4) is 0 Å². The molecule has 5 heterocycles. The summed E-state index contributed by atoms with van der Waals surface area (Å²) in [7, 11) is 1.62. The van der Waals surface area contributed by atoms with Crippen LogP contribution < -0.4 is 21.1 Å². The molecule has 3 N–H and O–H groups in total. The summed E-state index contributed by atoms with van der Waals surface area (Å²) in [6.45, 7) is 17.5. The average molecular weight is 762 g/mol. The van der Waals surface area contributed by atoms with Crippen LogP contribution in [0, 0.1) is 5.41 Å². The van der Waals surface area contributed by atoms with E-state index in [0.29, 0.717) is 59.3 Å². The summed E-state index contributed by atoms with van der Waals surface area (Å²) in [5, 5.41) is 16.9. The van der Waals surface area contributed by atoms with Crippen LogP contribution >= 0.6 is 0 Å². The first kappa shape index (κ1) is 38.7. The summed E-state index contributed by atoms with van der Waals surface area (Å²) in [5.74, 6) is -0.154. The molecule has 0 unspecified atom stereocenters. The normalized spacial score (nSPS) is 18.1. The highest BCUT2D eigenvalue weighted by molar-refractivity contribution is 6.06. The summed E-state index contributed by atoms with van der Waals surface area (Å²) in [6.07, 6.45) is 6.21. The first-order valence-electron chi connectivity index (χ1n) is 19.2. The molecule has 2 aliphatic heterocycles. The Morgan fingerprint density at radius 2 is 1.84 bits per heavy atom. The summed E-state index contributed by atoms with van der Waals surface area (Å²) in [4.78, 5) is 68.2. The molecular formula is C42H51N9O5. The van der Waals surface area contributed by atoms with Gasteiger partial charge in [0.15, 0.2) is 5.82 Å². The molecule has 3 aromatic heterocycles. The lowest BCUT2D eigenvalue weighted by Gasteiger charge is -2.45. The summed E-state index contributed by atoms with van der Waals surface area (Å²) in [6, 6.07) is 9.03. The van der Waals surface area contributed by atoms with E-state index in [9.17, 15) is 24.3 Å². The van der Waals surface area contributed by atoms with Gasteiger partial charge in [-0.25, -0.2) is 9.97 Å². The number of piperazine rings is 1. The summed E-state index contributed by atoms with van der Waals surface area (Å²) >= 11 is 0. The van der Waals surface area contributed by atoms with Gasteiger partial charge in [-0.05, 0) is 87.4 Å². The number of amides is 3. The van der Waals surface area contributed by atoms with E-state index in [4.69, 9.17) is 4.98 Å². The fourth-order valence-corrected chi connectivity index (χ4v) is 8.46. The zero-order valence-corrected chi connectivity index (χ0v) is 33.2. The number of pyridine rings is 1. The van der Waals surface area contributed by atoms with E-state index in [1.165, 1.54) is 21.9 Å². The Morgan fingerprint density at radius 1 is 1.07 bits per heavy atom. The van der Waals surface area contributed by atoms with Crippen molar-refractivity contribution < 1.29 is 19.5 Å². The van der Waals surface area contributed by atoms with Gasteiger partial charge in [0.05, 0.1) is 24.9 Å². The molecule has 3 aliphatic rings. The standard InChI is InChI=1S/C42H51N9O5/c1-9-36(53)45-31-17-27(10-11-29(31)35-21-51(25(4)5)37(54)22-50(35)24(2)3)44-38-41(56)47(8)20-32(46-38)28-12-13-43-39(30(28)23-52)49-15-14-48-33(40(49)55)16-26-18-42(6,7)19-34(26)48/h9-13,16-17,20,24-25,35,52H,1,14-15,18-19,21-23H2,2-8H3,(H,44,46)(H,45,53)/t35-/m0/s1. The smallest absolute Gasteiger partial charge is 0.293 e. The van der Waals surface area contributed by atoms with Crippen LogP contribution in [0.25, 0.3) is 11.3 Å². The lowest BCUT2D eigenvalue weighted by molar-refractivity contribution is -0.142. The molecule has 1 saturated heterocycles. The molecular weight excluding hydrogens is 711 g/mol. The number of nitrogens with one attached hydrogen (secondary N) is 2. The average Bonchev–Trinajstić information content (AvgIpc) is 3.65. The van der Waals surface area contributed by atoms with Gasteiger partial charge >= 0.3 is 0 Å². The van der Waals surface area contributed by atoms with E-state index in [1.54, 1.807) is 36.5 Å². The summed E-state index contributed by atoms with van der Waals surface area (Å²) < 4.78 is 3.54. The van der Waals surface area contributed by atoms with Crippen LogP contribution in [-0.4, -0.2) is 83.4 Å². The molecule has 14 heteroatoms. The number of aromatic nitrogens is 4. The molecule has 7 rings (SSSR count). The minimum atomic E-state index is -0.413. The molecule has 56 heavy (non-hydrogen) atoms. The molecule has 3 amide bonds. The van der Waals surface area contributed by atoms with E-state index in [1.807, 2.05) is 50.8 Å². The SMILES string of the molecule is C=CC(=O)Nc1cc(Nc2nc(-c3ccnc(N4CCn5c(cc6c5CC(C)(C)C6)C4=O)c3CO)cn(C)c2=O)ccc1[C@@H]1CN(C(C)C)C(=O)CN1C(C)C. The highest BCUT2D eigenvalue weighted by Crippen LogP contribution is 2.40. The first-order chi connectivity index (χ1) is 26.6. The molecule has 1 aromatic carbocycles. The number of rotatable bonds is 10. The fraction of sp³-hybridized carbons (Fsp3) is 0.429. The Bertz CT molecular complexity index is 2310. The van der Waals surface area contributed by atoms with Gasteiger partial charge in [-0.15, -0.1) is 0 Å². The Labute approximate surface area is 326 Å². The van der Waals surface area contributed by atoms with E-state index in [-0.39, 0.29) is 47.7 Å². The number of hydrogen-bond acceptors (Lipinski definition) is 9.